The van der Waals surface area contributed by atoms with Crippen LogP contribution in [0.2, 0.25) is 0 Å². The van der Waals surface area contributed by atoms with Crippen molar-refractivity contribution in [2.75, 3.05) is 11.2 Å². The normalized spacial score (nSPS) is 11.3. The van der Waals surface area contributed by atoms with E-state index >= 15 is 0 Å². The maximum absolute atomic E-state index is 12.4. The summed E-state index contributed by atoms with van der Waals surface area (Å²) in [6, 6.07) is 16.7. The SMILES string of the molecule is Cc1sc(N(Cc2nc3ccccc3[nH]2)c2ccc(C#N)cc2)nc1C(=O)NS(C)(=O)=O. The maximum Gasteiger partial charge on any atom is 0.284 e. The molecule has 2 aromatic carbocycles. The van der Waals surface area contributed by atoms with Gasteiger partial charge in [-0.05, 0) is 43.3 Å². The van der Waals surface area contributed by atoms with E-state index < -0.39 is 15.9 Å². The summed E-state index contributed by atoms with van der Waals surface area (Å²) in [4.78, 5) is 27.1. The molecule has 0 aliphatic carbocycles. The molecule has 4 rings (SSSR count). The first-order valence-electron chi connectivity index (χ1n) is 9.44. The summed E-state index contributed by atoms with van der Waals surface area (Å²) < 4.78 is 24.9. The van der Waals surface area contributed by atoms with Gasteiger partial charge in [-0.15, -0.1) is 11.3 Å². The largest absolute Gasteiger partial charge is 0.340 e. The Morgan fingerprint density at radius 1 is 1.19 bits per heavy atom. The van der Waals surface area contributed by atoms with Gasteiger partial charge < -0.3 is 9.88 Å². The number of nitriles is 1. The van der Waals surface area contributed by atoms with E-state index in [-0.39, 0.29) is 5.69 Å². The van der Waals surface area contributed by atoms with Crippen molar-refractivity contribution in [3.63, 3.8) is 0 Å². The van der Waals surface area contributed by atoms with Crippen molar-refractivity contribution < 1.29 is 13.2 Å². The average Bonchev–Trinajstić information content (AvgIpc) is 3.33. The van der Waals surface area contributed by atoms with Crippen molar-refractivity contribution in [2.24, 2.45) is 0 Å². The van der Waals surface area contributed by atoms with Crippen LogP contribution in [0, 0.1) is 18.3 Å². The lowest BCUT2D eigenvalue weighted by molar-refractivity contribution is 0.0977. The van der Waals surface area contributed by atoms with E-state index in [2.05, 4.69) is 21.0 Å². The van der Waals surface area contributed by atoms with Crippen molar-refractivity contribution in [3.8, 4) is 6.07 Å². The Hall–Kier alpha value is -3.75. The average molecular weight is 467 g/mol. The van der Waals surface area contributed by atoms with Crippen LogP contribution in [0.3, 0.4) is 0 Å². The number of anilines is 2. The number of nitrogens with one attached hydrogen (secondary N) is 2. The van der Waals surface area contributed by atoms with Crippen LogP contribution < -0.4 is 9.62 Å². The van der Waals surface area contributed by atoms with Crippen LogP contribution in [0.5, 0.6) is 0 Å². The van der Waals surface area contributed by atoms with Crippen LogP contribution in [0.15, 0.2) is 48.5 Å². The minimum absolute atomic E-state index is 0.0404. The Labute approximate surface area is 188 Å². The van der Waals surface area contributed by atoms with Gasteiger partial charge in [0.05, 0.1) is 35.5 Å². The molecule has 0 radical (unpaired) electrons. The Morgan fingerprint density at radius 2 is 1.91 bits per heavy atom. The molecule has 0 spiro atoms. The molecule has 4 aromatic rings. The first-order valence-corrected chi connectivity index (χ1v) is 12.1. The lowest BCUT2D eigenvalue weighted by Gasteiger charge is -2.21. The minimum atomic E-state index is -3.72. The second-order valence-corrected chi connectivity index (χ2v) is 9.98. The number of fused-ring (bicyclic) bond motifs is 1. The number of benzene rings is 2. The Balaban J connectivity index is 1.74. The summed E-state index contributed by atoms with van der Waals surface area (Å²) in [7, 11) is -3.72. The number of aromatic amines is 1. The second-order valence-electron chi connectivity index (χ2n) is 7.05. The first-order chi connectivity index (χ1) is 15.2. The molecule has 0 aliphatic heterocycles. The summed E-state index contributed by atoms with van der Waals surface area (Å²) in [6.45, 7) is 2.02. The van der Waals surface area contributed by atoms with E-state index in [1.807, 2.05) is 33.9 Å². The highest BCUT2D eigenvalue weighted by molar-refractivity contribution is 7.89. The third kappa shape index (κ3) is 4.61. The molecule has 2 aromatic heterocycles. The molecule has 0 fully saturated rings. The van der Waals surface area contributed by atoms with E-state index in [1.165, 1.54) is 11.3 Å². The van der Waals surface area contributed by atoms with Crippen molar-refractivity contribution in [2.45, 2.75) is 13.5 Å². The second kappa shape index (κ2) is 8.41. The third-order valence-corrected chi connectivity index (χ3v) is 6.11. The zero-order valence-electron chi connectivity index (χ0n) is 17.2. The number of aryl methyl sites for hydroxylation is 1. The monoisotopic (exact) mass is 466 g/mol. The number of imidazole rings is 1. The summed E-state index contributed by atoms with van der Waals surface area (Å²) in [6.07, 6.45) is 0.915. The number of hydrogen-bond acceptors (Lipinski definition) is 8. The number of rotatable bonds is 6. The number of H-pyrrole nitrogens is 1. The van der Waals surface area contributed by atoms with Gasteiger partial charge in [0, 0.05) is 10.6 Å². The Morgan fingerprint density at radius 3 is 2.56 bits per heavy atom. The van der Waals surface area contributed by atoms with E-state index in [1.54, 1.807) is 31.2 Å². The number of hydrogen-bond donors (Lipinski definition) is 2. The van der Waals surface area contributed by atoms with Gasteiger partial charge in [0.1, 0.15) is 11.5 Å². The molecule has 32 heavy (non-hydrogen) atoms. The molecular formula is C21H18N6O3S2. The molecule has 1 amide bonds. The highest BCUT2D eigenvalue weighted by Gasteiger charge is 2.23. The first kappa shape index (κ1) is 21.5. The Kier molecular flexibility index (Phi) is 5.65. The van der Waals surface area contributed by atoms with E-state index in [0.717, 1.165) is 23.0 Å². The highest BCUT2D eigenvalue weighted by atomic mass is 32.2. The number of para-hydroxylation sites is 2. The molecule has 0 aliphatic rings. The fourth-order valence-corrected chi connectivity index (χ4v) is 4.50. The topological polar surface area (TPSA) is 132 Å². The van der Waals surface area contributed by atoms with Crippen LogP contribution in [-0.2, 0) is 16.6 Å². The van der Waals surface area contributed by atoms with Gasteiger partial charge in [-0.25, -0.2) is 23.1 Å². The summed E-state index contributed by atoms with van der Waals surface area (Å²) in [5, 5.41) is 9.60. The predicted octanol–water partition coefficient (Wildman–Crippen LogP) is 3.23. The van der Waals surface area contributed by atoms with Gasteiger partial charge in [-0.2, -0.15) is 5.26 Å². The van der Waals surface area contributed by atoms with Crippen molar-refractivity contribution in [1.29, 1.82) is 5.26 Å². The van der Waals surface area contributed by atoms with Crippen LogP contribution in [0.4, 0.5) is 10.8 Å². The molecule has 0 saturated carbocycles. The van der Waals surface area contributed by atoms with Gasteiger partial charge >= 0.3 is 0 Å². The molecule has 0 bridgehead atoms. The molecule has 2 N–H and O–H groups in total. The van der Waals surface area contributed by atoms with Gasteiger partial charge in [0.25, 0.3) is 5.91 Å². The number of amides is 1. The lowest BCUT2D eigenvalue weighted by Crippen LogP contribution is -2.30. The lowest BCUT2D eigenvalue weighted by atomic mass is 10.2. The molecule has 2 heterocycles. The summed E-state index contributed by atoms with van der Waals surface area (Å²) >= 11 is 1.26. The van der Waals surface area contributed by atoms with Crippen LogP contribution in [-0.4, -0.2) is 35.5 Å². The van der Waals surface area contributed by atoms with Gasteiger partial charge in [-0.1, -0.05) is 12.1 Å². The molecule has 0 unspecified atom stereocenters. The van der Waals surface area contributed by atoms with Crippen molar-refractivity contribution >= 4 is 49.1 Å². The molecule has 0 atom stereocenters. The standard InChI is InChI=1S/C21H18N6O3S2/c1-13-19(20(28)26-32(2,29)30)25-21(31-13)27(15-9-7-14(11-22)8-10-15)12-18-23-16-5-3-4-6-17(16)24-18/h3-10H,12H2,1-2H3,(H,23,24)(H,26,28). The fourth-order valence-electron chi connectivity index (χ4n) is 3.14. The number of nitrogens with zero attached hydrogens (tertiary/aromatic N) is 4. The molecule has 9 nitrogen and oxygen atoms in total. The van der Waals surface area contributed by atoms with E-state index in [9.17, 15) is 13.2 Å². The van der Waals surface area contributed by atoms with E-state index in [0.29, 0.717) is 27.9 Å². The van der Waals surface area contributed by atoms with Crippen molar-refractivity contribution in [1.82, 2.24) is 19.7 Å². The van der Waals surface area contributed by atoms with E-state index in [4.69, 9.17) is 5.26 Å². The zero-order chi connectivity index (χ0) is 22.9. The van der Waals surface area contributed by atoms with Crippen LogP contribution in [0.25, 0.3) is 11.0 Å². The number of sulfonamides is 1. The minimum Gasteiger partial charge on any atom is -0.340 e. The van der Waals surface area contributed by atoms with Gasteiger partial charge in [0.15, 0.2) is 5.13 Å². The summed E-state index contributed by atoms with van der Waals surface area (Å²) in [5.74, 6) is -0.0958. The highest BCUT2D eigenvalue weighted by Crippen LogP contribution is 2.33. The number of carbonyl (C=O) groups is 1. The van der Waals surface area contributed by atoms with Gasteiger partial charge in [0.2, 0.25) is 10.0 Å². The third-order valence-electron chi connectivity index (χ3n) is 4.56. The summed E-state index contributed by atoms with van der Waals surface area (Å²) in [5.41, 5.74) is 3.02. The number of thiazole rings is 1. The number of aromatic nitrogens is 3. The molecular weight excluding hydrogens is 448 g/mol. The van der Waals surface area contributed by atoms with Crippen molar-refractivity contribution in [3.05, 3.63) is 70.5 Å². The van der Waals surface area contributed by atoms with Crippen LogP contribution >= 0.6 is 11.3 Å². The molecule has 11 heteroatoms. The molecule has 162 valence electrons. The molecule has 0 saturated heterocycles. The van der Waals surface area contributed by atoms with Crippen LogP contribution in [0.1, 0.15) is 26.8 Å². The maximum atomic E-state index is 12.4. The Bertz CT molecular complexity index is 1420. The number of carbonyl (C=O) groups excluding carboxylic acids is 1. The smallest absolute Gasteiger partial charge is 0.284 e. The quantitative estimate of drug-likeness (QED) is 0.446. The zero-order valence-corrected chi connectivity index (χ0v) is 18.8. The fraction of sp³-hybridized carbons (Fsp3) is 0.143. The van der Waals surface area contributed by atoms with Gasteiger partial charge in [-0.3, -0.25) is 4.79 Å². The predicted molar refractivity (Wildman–Crippen MR) is 122 cm³/mol.